The summed E-state index contributed by atoms with van der Waals surface area (Å²) in [6.45, 7) is 0. The van der Waals surface area contributed by atoms with E-state index >= 15 is 0 Å². The first-order valence-electron chi connectivity index (χ1n) is 3.64. The van der Waals surface area contributed by atoms with Crippen molar-refractivity contribution < 1.29 is 14.4 Å². The van der Waals surface area contributed by atoms with Gasteiger partial charge in [0.2, 0.25) is 0 Å². The molecule has 1 aliphatic heterocycles. The molecule has 0 aromatic rings. The van der Waals surface area contributed by atoms with Crippen molar-refractivity contribution in [2.45, 2.75) is 18.9 Å². The van der Waals surface area contributed by atoms with Gasteiger partial charge in [-0.3, -0.25) is 9.46 Å². The Morgan fingerprint density at radius 3 is 2.54 bits per heavy atom. The van der Waals surface area contributed by atoms with Crippen molar-refractivity contribution in [1.29, 1.82) is 0 Å². The molecule has 0 spiro atoms. The molecule has 0 aliphatic carbocycles. The third-order valence-electron chi connectivity index (χ3n) is 1.79. The number of imide groups is 1. The highest BCUT2D eigenvalue weighted by Gasteiger charge is 2.41. The second-order valence-electron chi connectivity index (χ2n) is 2.60. The van der Waals surface area contributed by atoms with Gasteiger partial charge in [-0.1, -0.05) is 0 Å². The predicted molar refractivity (Wildman–Crippen MR) is 49.8 cm³/mol. The highest BCUT2D eigenvalue weighted by atomic mass is 31.0. The van der Waals surface area contributed by atoms with E-state index in [-0.39, 0.29) is 12.3 Å². The van der Waals surface area contributed by atoms with Crippen LogP contribution in [0.25, 0.3) is 0 Å². The van der Waals surface area contributed by atoms with Crippen LogP contribution in [-0.2, 0) is 9.59 Å². The van der Waals surface area contributed by atoms with E-state index in [4.69, 9.17) is 0 Å². The van der Waals surface area contributed by atoms with Crippen molar-refractivity contribution in [3.8, 4) is 0 Å². The molecule has 0 aromatic heterocycles. The number of hydrogen-bond acceptors (Lipinski definition) is 3. The van der Waals surface area contributed by atoms with Crippen LogP contribution >= 0.6 is 18.8 Å². The van der Waals surface area contributed by atoms with Crippen molar-refractivity contribution >= 4 is 37.0 Å². The fourth-order valence-corrected chi connectivity index (χ4v) is 1.81. The van der Waals surface area contributed by atoms with Gasteiger partial charge >= 0.3 is 6.03 Å². The molecule has 0 N–H and O–H groups in total. The number of urea groups is 1. The van der Waals surface area contributed by atoms with Crippen molar-refractivity contribution in [1.82, 2.24) is 9.34 Å². The van der Waals surface area contributed by atoms with Gasteiger partial charge < -0.3 is 4.79 Å². The average Bonchev–Trinajstić information content (AvgIpc) is 2.30. The van der Waals surface area contributed by atoms with Gasteiger partial charge in [0.05, 0.1) is 0 Å². The van der Waals surface area contributed by atoms with Crippen LogP contribution in [0.3, 0.4) is 0 Å². The Kier molecular flexibility index (Phi) is 3.34. The van der Waals surface area contributed by atoms with Crippen molar-refractivity contribution in [2.24, 2.45) is 0 Å². The molecule has 3 amide bonds. The third-order valence-corrected chi connectivity index (χ3v) is 2.74. The number of amides is 3. The number of aldehydes is 1. The highest BCUT2D eigenvalue weighted by molar-refractivity contribution is 7.18. The molecule has 13 heavy (non-hydrogen) atoms. The molecule has 70 valence electrons. The van der Waals surface area contributed by atoms with Crippen molar-refractivity contribution in [3.63, 3.8) is 0 Å². The lowest BCUT2D eigenvalue weighted by atomic mass is 10.2. The maximum absolute atomic E-state index is 11.3. The summed E-state index contributed by atoms with van der Waals surface area (Å²) in [4.78, 5) is 32.5. The number of carbonyl (C=O) groups excluding carboxylic acids is 3. The Bertz CT molecular complexity index is 258. The molecule has 1 heterocycles. The molecular weight excluding hydrogens is 210 g/mol. The van der Waals surface area contributed by atoms with Crippen LogP contribution in [-0.4, -0.2) is 33.6 Å². The van der Waals surface area contributed by atoms with Gasteiger partial charge in [-0.15, -0.1) is 0 Å². The second-order valence-corrected chi connectivity index (χ2v) is 3.56. The zero-order valence-electron chi connectivity index (χ0n) is 6.71. The molecule has 2 atom stereocenters. The molecule has 1 saturated heterocycles. The van der Waals surface area contributed by atoms with Crippen LogP contribution in [0.1, 0.15) is 12.8 Å². The summed E-state index contributed by atoms with van der Waals surface area (Å²) in [5, 5.41) is 0. The fraction of sp³-hybridized carbons (Fsp3) is 0.500. The summed E-state index contributed by atoms with van der Waals surface area (Å²) in [5.41, 5.74) is 0. The quantitative estimate of drug-likeness (QED) is 0.398. The topological polar surface area (TPSA) is 57.7 Å². The number of nitrogens with zero attached hydrogens (tertiary/aromatic N) is 2. The van der Waals surface area contributed by atoms with Crippen LogP contribution in [0.5, 0.6) is 0 Å². The van der Waals surface area contributed by atoms with Crippen molar-refractivity contribution in [2.75, 3.05) is 0 Å². The van der Waals surface area contributed by atoms with Crippen LogP contribution < -0.4 is 0 Å². The average molecular weight is 218 g/mol. The Morgan fingerprint density at radius 1 is 1.54 bits per heavy atom. The van der Waals surface area contributed by atoms with E-state index < -0.39 is 12.1 Å². The summed E-state index contributed by atoms with van der Waals surface area (Å²) in [7, 11) is 5.86. The van der Waals surface area contributed by atoms with Crippen LogP contribution in [0.2, 0.25) is 0 Å². The zero-order valence-corrected chi connectivity index (χ0v) is 8.76. The predicted octanol–water partition coefficient (Wildman–Crippen LogP) is 0.714. The number of rotatable bonds is 3. The standard InChI is InChI=1S/C6H8N2O3P2/c9-3-1-2-4-5(10)8(13)6(11)7(4)12/h3-4H,1-2,12H2. The molecule has 1 aliphatic rings. The summed E-state index contributed by atoms with van der Waals surface area (Å²) in [6, 6.07) is -1.05. The first kappa shape index (κ1) is 10.6. The normalized spacial score (nSPS) is 22.8. The highest BCUT2D eigenvalue weighted by Crippen LogP contribution is 2.26. The molecule has 1 fully saturated rings. The van der Waals surface area contributed by atoms with Crippen LogP contribution in [0.4, 0.5) is 4.79 Å². The smallest absolute Gasteiger partial charge is 0.303 e. The van der Waals surface area contributed by atoms with E-state index in [1.165, 1.54) is 4.67 Å². The molecule has 1 rings (SSSR count). The maximum Gasteiger partial charge on any atom is 0.334 e. The second kappa shape index (κ2) is 4.12. The Balaban J connectivity index is 2.69. The molecule has 7 heteroatoms. The molecule has 0 bridgehead atoms. The van der Waals surface area contributed by atoms with E-state index in [2.05, 4.69) is 18.8 Å². The summed E-state index contributed by atoms with van der Waals surface area (Å²) >= 11 is 0. The summed E-state index contributed by atoms with van der Waals surface area (Å²) in [5.74, 6) is -0.384. The summed E-state index contributed by atoms with van der Waals surface area (Å²) < 4.78 is 1.96. The van der Waals surface area contributed by atoms with E-state index in [0.717, 1.165) is 11.0 Å². The van der Waals surface area contributed by atoms with Gasteiger partial charge in [0.15, 0.2) is 0 Å². The minimum Gasteiger partial charge on any atom is -0.303 e. The first-order valence-corrected chi connectivity index (χ1v) is 4.55. The van der Waals surface area contributed by atoms with E-state index in [0.29, 0.717) is 6.42 Å². The Hall–Kier alpha value is -0.530. The van der Waals surface area contributed by atoms with Gasteiger partial charge in [-0.05, 0) is 15.8 Å². The van der Waals surface area contributed by atoms with Gasteiger partial charge in [0.25, 0.3) is 5.91 Å². The Morgan fingerprint density at radius 2 is 2.15 bits per heavy atom. The molecule has 5 nitrogen and oxygen atoms in total. The van der Waals surface area contributed by atoms with Gasteiger partial charge in [-0.25, -0.2) is 9.46 Å². The van der Waals surface area contributed by atoms with Crippen molar-refractivity contribution in [3.05, 3.63) is 0 Å². The fourth-order valence-electron chi connectivity index (χ4n) is 1.09. The molecule has 0 aromatic carbocycles. The van der Waals surface area contributed by atoms with E-state index in [1.807, 2.05) is 0 Å². The third kappa shape index (κ3) is 1.87. The molecule has 2 unspecified atom stereocenters. The Labute approximate surface area is 80.3 Å². The first-order chi connectivity index (χ1) is 6.09. The molecular formula is C6H8N2O3P2. The summed E-state index contributed by atoms with van der Waals surface area (Å²) in [6.07, 6.45) is 1.32. The van der Waals surface area contributed by atoms with Gasteiger partial charge in [-0.2, -0.15) is 0 Å². The van der Waals surface area contributed by atoms with E-state index in [9.17, 15) is 14.4 Å². The minimum absolute atomic E-state index is 0.260. The van der Waals surface area contributed by atoms with Crippen LogP contribution in [0.15, 0.2) is 0 Å². The molecule has 2 radical (unpaired) electrons. The lowest BCUT2D eigenvalue weighted by molar-refractivity contribution is -0.124. The lowest BCUT2D eigenvalue weighted by Gasteiger charge is -2.13. The number of carbonyl (C=O) groups is 3. The lowest BCUT2D eigenvalue weighted by Crippen LogP contribution is -2.26. The monoisotopic (exact) mass is 218 g/mol. The van der Waals surface area contributed by atoms with Crippen LogP contribution in [0, 0.1) is 0 Å². The van der Waals surface area contributed by atoms with E-state index in [1.54, 1.807) is 0 Å². The number of hydrogen-bond donors (Lipinski definition) is 0. The maximum atomic E-state index is 11.3. The largest absolute Gasteiger partial charge is 0.334 e. The van der Waals surface area contributed by atoms with Gasteiger partial charge in [0, 0.05) is 6.42 Å². The SMILES string of the molecule is O=CCCC1C(=O)N([P])C(=O)N1P. The minimum atomic E-state index is -0.569. The van der Waals surface area contributed by atoms with Gasteiger partial charge in [0.1, 0.15) is 21.7 Å². The molecule has 0 saturated carbocycles. The zero-order chi connectivity index (χ0) is 10.0.